The molecular formula is C9H11BrO2. The predicted molar refractivity (Wildman–Crippen MR) is 51.6 cm³/mol. The van der Waals surface area contributed by atoms with E-state index in [0.29, 0.717) is 5.75 Å². The molecule has 12 heavy (non-hydrogen) atoms. The number of hydrogen-bond donors (Lipinski definition) is 1. The number of benzene rings is 1. The third-order valence-corrected chi connectivity index (χ3v) is 1.78. The van der Waals surface area contributed by atoms with Crippen LogP contribution in [0.5, 0.6) is 11.5 Å². The van der Waals surface area contributed by atoms with Crippen molar-refractivity contribution in [2.75, 3.05) is 0 Å². The molecule has 0 bridgehead atoms. The second-order valence-electron chi connectivity index (χ2n) is 2.78. The van der Waals surface area contributed by atoms with E-state index in [-0.39, 0.29) is 11.9 Å². The van der Waals surface area contributed by atoms with Crippen LogP contribution in [0.2, 0.25) is 0 Å². The molecule has 0 fully saturated rings. The molecular weight excluding hydrogens is 220 g/mol. The van der Waals surface area contributed by atoms with Gasteiger partial charge in [0.15, 0.2) is 11.5 Å². The third-order valence-electron chi connectivity index (χ3n) is 1.28. The highest BCUT2D eigenvalue weighted by Crippen LogP contribution is 2.29. The van der Waals surface area contributed by atoms with Crippen molar-refractivity contribution < 1.29 is 9.84 Å². The maximum atomic E-state index is 9.39. The van der Waals surface area contributed by atoms with Gasteiger partial charge < -0.3 is 9.84 Å². The highest BCUT2D eigenvalue weighted by molar-refractivity contribution is 9.10. The fourth-order valence-electron chi connectivity index (χ4n) is 0.844. The van der Waals surface area contributed by atoms with Crippen molar-refractivity contribution in [2.24, 2.45) is 0 Å². The Morgan fingerprint density at radius 1 is 1.42 bits per heavy atom. The summed E-state index contributed by atoms with van der Waals surface area (Å²) in [4.78, 5) is 0. The van der Waals surface area contributed by atoms with E-state index >= 15 is 0 Å². The van der Waals surface area contributed by atoms with Crippen LogP contribution < -0.4 is 4.74 Å². The van der Waals surface area contributed by atoms with E-state index in [9.17, 15) is 5.11 Å². The summed E-state index contributed by atoms with van der Waals surface area (Å²) in [7, 11) is 0. The Hall–Kier alpha value is -0.700. The van der Waals surface area contributed by atoms with Gasteiger partial charge in [0.2, 0.25) is 0 Å². The number of phenols is 1. The zero-order chi connectivity index (χ0) is 9.14. The summed E-state index contributed by atoms with van der Waals surface area (Å²) in [5, 5.41) is 9.39. The first kappa shape index (κ1) is 9.39. The molecule has 0 spiro atoms. The highest BCUT2D eigenvalue weighted by atomic mass is 79.9. The maximum Gasteiger partial charge on any atom is 0.161 e. The van der Waals surface area contributed by atoms with Gasteiger partial charge in [0.05, 0.1) is 6.10 Å². The van der Waals surface area contributed by atoms with Gasteiger partial charge in [-0.25, -0.2) is 0 Å². The number of rotatable bonds is 2. The average Bonchev–Trinajstić information content (AvgIpc) is 1.94. The molecule has 1 aromatic carbocycles. The molecule has 0 unspecified atom stereocenters. The van der Waals surface area contributed by atoms with Gasteiger partial charge in [0.25, 0.3) is 0 Å². The van der Waals surface area contributed by atoms with Crippen LogP contribution in [0, 0.1) is 0 Å². The Morgan fingerprint density at radius 2 is 2.08 bits per heavy atom. The average molecular weight is 231 g/mol. The van der Waals surface area contributed by atoms with Gasteiger partial charge in [-0.15, -0.1) is 0 Å². The van der Waals surface area contributed by atoms with E-state index < -0.39 is 0 Å². The Morgan fingerprint density at radius 3 is 2.58 bits per heavy atom. The topological polar surface area (TPSA) is 29.5 Å². The van der Waals surface area contributed by atoms with E-state index in [1.807, 2.05) is 19.9 Å². The minimum absolute atomic E-state index is 0.0806. The van der Waals surface area contributed by atoms with Crippen molar-refractivity contribution in [3.8, 4) is 11.5 Å². The number of hydrogen-bond acceptors (Lipinski definition) is 2. The molecule has 2 nitrogen and oxygen atoms in total. The minimum Gasteiger partial charge on any atom is -0.504 e. The normalized spacial score (nSPS) is 10.3. The molecule has 0 aliphatic heterocycles. The lowest BCUT2D eigenvalue weighted by atomic mass is 10.3. The van der Waals surface area contributed by atoms with E-state index in [1.165, 1.54) is 0 Å². The predicted octanol–water partition coefficient (Wildman–Crippen LogP) is 2.94. The van der Waals surface area contributed by atoms with Crippen molar-refractivity contribution >= 4 is 15.9 Å². The van der Waals surface area contributed by atoms with Gasteiger partial charge >= 0.3 is 0 Å². The lowest BCUT2D eigenvalue weighted by Gasteiger charge is -2.10. The molecule has 0 aliphatic rings. The molecule has 0 radical (unpaired) electrons. The second-order valence-corrected chi connectivity index (χ2v) is 3.69. The van der Waals surface area contributed by atoms with Crippen molar-refractivity contribution in [1.82, 2.24) is 0 Å². The lowest BCUT2D eigenvalue weighted by molar-refractivity contribution is 0.232. The summed E-state index contributed by atoms with van der Waals surface area (Å²) in [6.45, 7) is 3.84. The molecule has 66 valence electrons. The standard InChI is InChI=1S/C9H11BrO2/c1-6(2)12-9-4-3-7(10)5-8(9)11/h3-6,11H,1-2H3. The summed E-state index contributed by atoms with van der Waals surface area (Å²) in [5.74, 6) is 0.686. The minimum atomic E-state index is 0.0806. The van der Waals surface area contributed by atoms with Crippen molar-refractivity contribution in [1.29, 1.82) is 0 Å². The summed E-state index contributed by atoms with van der Waals surface area (Å²) >= 11 is 3.25. The summed E-state index contributed by atoms with van der Waals surface area (Å²) in [6, 6.07) is 5.18. The summed E-state index contributed by atoms with van der Waals surface area (Å²) in [6.07, 6.45) is 0.0806. The molecule has 1 rings (SSSR count). The van der Waals surface area contributed by atoms with Gasteiger partial charge in [-0.3, -0.25) is 0 Å². The van der Waals surface area contributed by atoms with Gasteiger partial charge in [0.1, 0.15) is 0 Å². The number of halogens is 1. The fraction of sp³-hybridized carbons (Fsp3) is 0.333. The number of ether oxygens (including phenoxy) is 1. The molecule has 0 heterocycles. The van der Waals surface area contributed by atoms with Crippen LogP contribution in [-0.4, -0.2) is 11.2 Å². The second kappa shape index (κ2) is 3.81. The quantitative estimate of drug-likeness (QED) is 0.847. The van der Waals surface area contributed by atoms with Crippen molar-refractivity contribution in [3.05, 3.63) is 22.7 Å². The maximum absolute atomic E-state index is 9.39. The molecule has 0 saturated carbocycles. The van der Waals surface area contributed by atoms with Crippen LogP contribution in [0.15, 0.2) is 22.7 Å². The molecule has 0 amide bonds. The van der Waals surface area contributed by atoms with Crippen LogP contribution in [0.1, 0.15) is 13.8 Å². The highest BCUT2D eigenvalue weighted by Gasteiger charge is 2.03. The summed E-state index contributed by atoms with van der Waals surface area (Å²) < 4.78 is 6.17. The number of phenolic OH excluding ortho intramolecular Hbond substituents is 1. The SMILES string of the molecule is CC(C)Oc1ccc(Br)cc1O. The number of aromatic hydroxyl groups is 1. The van der Waals surface area contributed by atoms with Crippen LogP contribution in [-0.2, 0) is 0 Å². The molecule has 1 N–H and O–H groups in total. The van der Waals surface area contributed by atoms with E-state index in [4.69, 9.17) is 4.74 Å². The first-order chi connectivity index (χ1) is 5.59. The van der Waals surface area contributed by atoms with Gasteiger partial charge in [-0.05, 0) is 32.0 Å². The smallest absolute Gasteiger partial charge is 0.161 e. The van der Waals surface area contributed by atoms with E-state index in [0.717, 1.165) is 4.47 Å². The van der Waals surface area contributed by atoms with Crippen molar-refractivity contribution in [2.45, 2.75) is 20.0 Å². The van der Waals surface area contributed by atoms with Crippen molar-refractivity contribution in [3.63, 3.8) is 0 Å². The van der Waals surface area contributed by atoms with E-state index in [1.54, 1.807) is 12.1 Å². The van der Waals surface area contributed by atoms with Crippen LogP contribution in [0.3, 0.4) is 0 Å². The lowest BCUT2D eigenvalue weighted by Crippen LogP contribution is -2.05. The Balaban J connectivity index is 2.86. The summed E-state index contributed by atoms with van der Waals surface area (Å²) in [5.41, 5.74) is 0. The van der Waals surface area contributed by atoms with Gasteiger partial charge in [-0.1, -0.05) is 15.9 Å². The Labute approximate surface area is 80.3 Å². The monoisotopic (exact) mass is 230 g/mol. The third kappa shape index (κ3) is 2.41. The fourth-order valence-corrected chi connectivity index (χ4v) is 1.19. The molecule has 0 aliphatic carbocycles. The zero-order valence-corrected chi connectivity index (χ0v) is 8.63. The molecule has 0 atom stereocenters. The van der Waals surface area contributed by atoms with E-state index in [2.05, 4.69) is 15.9 Å². The zero-order valence-electron chi connectivity index (χ0n) is 7.04. The first-order valence-corrected chi connectivity index (χ1v) is 4.54. The van der Waals surface area contributed by atoms with Gasteiger partial charge in [0, 0.05) is 4.47 Å². The van der Waals surface area contributed by atoms with Crippen LogP contribution in [0.25, 0.3) is 0 Å². The largest absolute Gasteiger partial charge is 0.504 e. The van der Waals surface area contributed by atoms with Gasteiger partial charge in [-0.2, -0.15) is 0 Å². The first-order valence-electron chi connectivity index (χ1n) is 3.75. The van der Waals surface area contributed by atoms with Crippen LogP contribution >= 0.6 is 15.9 Å². The Kier molecular flexibility index (Phi) is 2.98. The molecule has 3 heteroatoms. The molecule has 0 aromatic heterocycles. The molecule has 0 saturated heterocycles. The van der Waals surface area contributed by atoms with Crippen LogP contribution in [0.4, 0.5) is 0 Å². The molecule has 1 aromatic rings. The Bertz CT molecular complexity index is 271.